The van der Waals surface area contributed by atoms with Crippen LogP contribution in [0.5, 0.6) is 0 Å². The molecular formula is C28H44N2. The van der Waals surface area contributed by atoms with Crippen LogP contribution in [0.4, 0.5) is 11.4 Å². The lowest BCUT2D eigenvalue weighted by Gasteiger charge is -2.26. The fraction of sp³-hybridized carbons (Fsp3) is 0.571. The first kappa shape index (κ1) is 24.3. The average Bonchev–Trinajstić information content (AvgIpc) is 2.75. The first-order chi connectivity index (χ1) is 14.6. The van der Waals surface area contributed by atoms with E-state index in [0.717, 1.165) is 37.1 Å². The number of benzene rings is 2. The summed E-state index contributed by atoms with van der Waals surface area (Å²) in [5.41, 5.74) is 23.6. The van der Waals surface area contributed by atoms with Crippen molar-refractivity contribution in [3.8, 4) is 11.1 Å². The predicted octanol–water partition coefficient (Wildman–Crippen LogP) is 7.89. The van der Waals surface area contributed by atoms with E-state index in [9.17, 15) is 0 Å². The Balaban J connectivity index is 2.81. The Morgan fingerprint density at radius 1 is 0.533 bits per heavy atom. The molecule has 0 aromatic heterocycles. The van der Waals surface area contributed by atoms with E-state index < -0.39 is 0 Å². The van der Waals surface area contributed by atoms with Crippen LogP contribution in [0.1, 0.15) is 101 Å². The van der Waals surface area contributed by atoms with Gasteiger partial charge in [-0.15, -0.1) is 0 Å². The highest BCUT2D eigenvalue weighted by Crippen LogP contribution is 2.40. The highest BCUT2D eigenvalue weighted by atomic mass is 14.6. The molecule has 0 atom stereocenters. The summed E-state index contributed by atoms with van der Waals surface area (Å²) in [6.07, 6.45) is 14.1. The van der Waals surface area contributed by atoms with E-state index in [1.54, 1.807) is 0 Å². The molecule has 0 bridgehead atoms. The van der Waals surface area contributed by atoms with Crippen LogP contribution in [0.2, 0.25) is 0 Å². The lowest BCUT2D eigenvalue weighted by Crippen LogP contribution is -2.12. The molecule has 166 valence electrons. The lowest BCUT2D eigenvalue weighted by molar-refractivity contribution is 0.739. The molecule has 0 aliphatic carbocycles. The fourth-order valence-corrected chi connectivity index (χ4v) is 4.53. The van der Waals surface area contributed by atoms with Gasteiger partial charge in [0.1, 0.15) is 0 Å². The van der Waals surface area contributed by atoms with Crippen LogP contribution in [0.3, 0.4) is 0 Å². The van der Waals surface area contributed by atoms with Gasteiger partial charge in [-0.3, -0.25) is 0 Å². The monoisotopic (exact) mass is 408 g/mol. The molecule has 4 N–H and O–H groups in total. The summed E-state index contributed by atoms with van der Waals surface area (Å²) in [7, 11) is 0. The van der Waals surface area contributed by atoms with E-state index in [1.165, 1.54) is 84.7 Å². The largest absolute Gasteiger partial charge is 0.399 e. The Morgan fingerprint density at radius 3 is 1.27 bits per heavy atom. The molecule has 0 radical (unpaired) electrons. The number of hydrogen-bond donors (Lipinski definition) is 2. The molecule has 0 aliphatic heterocycles. The fourth-order valence-electron chi connectivity index (χ4n) is 4.53. The van der Waals surface area contributed by atoms with Crippen LogP contribution < -0.4 is 11.5 Å². The van der Waals surface area contributed by atoms with Crippen molar-refractivity contribution < 1.29 is 0 Å². The van der Waals surface area contributed by atoms with Gasteiger partial charge in [-0.1, -0.05) is 65.5 Å². The Hall–Kier alpha value is -1.96. The van der Waals surface area contributed by atoms with Gasteiger partial charge in [0.25, 0.3) is 0 Å². The molecule has 30 heavy (non-hydrogen) atoms. The number of hydrogen-bond acceptors (Lipinski definition) is 2. The number of anilines is 2. The van der Waals surface area contributed by atoms with Crippen molar-refractivity contribution in [1.82, 2.24) is 0 Å². The number of nitrogens with two attached hydrogens (primary N) is 2. The van der Waals surface area contributed by atoms with E-state index in [2.05, 4.69) is 52.0 Å². The smallest absolute Gasteiger partial charge is 0.0385 e. The molecule has 2 nitrogen and oxygen atoms in total. The molecule has 0 amide bonds. The maximum atomic E-state index is 6.96. The zero-order valence-corrected chi connectivity index (χ0v) is 19.9. The maximum absolute atomic E-state index is 6.96. The van der Waals surface area contributed by atoms with E-state index >= 15 is 0 Å². The minimum Gasteiger partial charge on any atom is -0.399 e. The van der Waals surface area contributed by atoms with Crippen molar-refractivity contribution >= 4 is 11.4 Å². The number of unbranched alkanes of at least 4 members (excludes halogenated alkanes) is 4. The molecule has 0 heterocycles. The number of rotatable bonds is 13. The number of nitrogen functional groups attached to an aromatic ring is 2. The van der Waals surface area contributed by atoms with Crippen molar-refractivity contribution in [2.24, 2.45) is 0 Å². The van der Waals surface area contributed by atoms with Gasteiger partial charge in [0.05, 0.1) is 0 Å². The lowest BCUT2D eigenvalue weighted by atomic mass is 9.80. The Bertz CT molecular complexity index is 733. The molecular weight excluding hydrogens is 364 g/mol. The van der Waals surface area contributed by atoms with Crippen molar-refractivity contribution in [3.05, 3.63) is 46.5 Å². The SMILES string of the molecule is CCCCc1c(N)c(CCCC)c(CCCC)c(-c2ccc(N)cc2)c1CCCC. The maximum Gasteiger partial charge on any atom is 0.0385 e. The van der Waals surface area contributed by atoms with Crippen LogP contribution in [0.15, 0.2) is 24.3 Å². The van der Waals surface area contributed by atoms with Crippen LogP contribution >= 0.6 is 0 Å². The summed E-state index contributed by atoms with van der Waals surface area (Å²) in [5, 5.41) is 0. The van der Waals surface area contributed by atoms with E-state index in [1.807, 2.05) is 0 Å². The summed E-state index contributed by atoms with van der Waals surface area (Å²) in [6, 6.07) is 8.55. The van der Waals surface area contributed by atoms with Crippen molar-refractivity contribution in [3.63, 3.8) is 0 Å². The van der Waals surface area contributed by atoms with Gasteiger partial charge < -0.3 is 11.5 Å². The molecule has 0 unspecified atom stereocenters. The van der Waals surface area contributed by atoms with E-state index in [-0.39, 0.29) is 0 Å². The molecule has 0 aliphatic rings. The zero-order valence-electron chi connectivity index (χ0n) is 19.9. The summed E-state index contributed by atoms with van der Waals surface area (Å²) in [5.74, 6) is 0. The van der Waals surface area contributed by atoms with Crippen molar-refractivity contribution in [2.75, 3.05) is 11.5 Å². The Morgan fingerprint density at radius 2 is 0.900 bits per heavy atom. The topological polar surface area (TPSA) is 52.0 Å². The van der Waals surface area contributed by atoms with Crippen molar-refractivity contribution in [1.29, 1.82) is 0 Å². The summed E-state index contributed by atoms with van der Waals surface area (Å²) in [4.78, 5) is 0. The van der Waals surface area contributed by atoms with Gasteiger partial charge in [0, 0.05) is 11.4 Å². The van der Waals surface area contributed by atoms with Crippen LogP contribution in [-0.4, -0.2) is 0 Å². The van der Waals surface area contributed by atoms with E-state index in [4.69, 9.17) is 11.5 Å². The zero-order chi connectivity index (χ0) is 21.9. The molecule has 0 saturated heterocycles. The standard InChI is InChI=1S/C28H44N2/c1-5-9-13-23-25(15-11-7-3)28(30)26(16-12-8-4)24(14-10-6-2)27(23)21-17-19-22(29)20-18-21/h17-20H,5-16,29-30H2,1-4H3. The Labute approximate surface area is 185 Å². The summed E-state index contributed by atoms with van der Waals surface area (Å²) >= 11 is 0. The normalized spacial score (nSPS) is 11.2. The molecule has 2 rings (SSSR count). The van der Waals surface area contributed by atoms with Gasteiger partial charge in [-0.05, 0) is 96.9 Å². The molecule has 0 spiro atoms. The molecule has 2 heteroatoms. The Kier molecular flexibility index (Phi) is 10.3. The highest BCUT2D eigenvalue weighted by Gasteiger charge is 2.22. The van der Waals surface area contributed by atoms with Crippen LogP contribution in [0.25, 0.3) is 11.1 Å². The van der Waals surface area contributed by atoms with Gasteiger partial charge in [-0.2, -0.15) is 0 Å². The van der Waals surface area contributed by atoms with E-state index in [0.29, 0.717) is 0 Å². The van der Waals surface area contributed by atoms with Gasteiger partial charge in [0.2, 0.25) is 0 Å². The average molecular weight is 409 g/mol. The van der Waals surface area contributed by atoms with Gasteiger partial charge in [0.15, 0.2) is 0 Å². The second-order valence-electron chi connectivity index (χ2n) is 8.74. The summed E-state index contributed by atoms with van der Waals surface area (Å²) < 4.78 is 0. The van der Waals surface area contributed by atoms with Gasteiger partial charge in [-0.25, -0.2) is 0 Å². The third kappa shape index (κ3) is 6.03. The van der Waals surface area contributed by atoms with Crippen LogP contribution in [-0.2, 0) is 25.7 Å². The second kappa shape index (κ2) is 12.7. The molecule has 0 saturated carbocycles. The minimum atomic E-state index is 0.830. The third-order valence-corrected chi connectivity index (χ3v) is 6.30. The first-order valence-electron chi connectivity index (χ1n) is 12.4. The predicted molar refractivity (Wildman–Crippen MR) is 135 cm³/mol. The molecule has 2 aromatic carbocycles. The second-order valence-corrected chi connectivity index (χ2v) is 8.74. The van der Waals surface area contributed by atoms with Crippen LogP contribution in [0, 0.1) is 0 Å². The minimum absolute atomic E-state index is 0.830. The highest BCUT2D eigenvalue weighted by molar-refractivity contribution is 5.80. The molecule has 0 fully saturated rings. The third-order valence-electron chi connectivity index (χ3n) is 6.30. The van der Waals surface area contributed by atoms with Gasteiger partial charge >= 0.3 is 0 Å². The molecule has 2 aromatic rings. The van der Waals surface area contributed by atoms with Crippen molar-refractivity contribution in [2.45, 2.75) is 105 Å². The quantitative estimate of drug-likeness (QED) is 0.331. The first-order valence-corrected chi connectivity index (χ1v) is 12.4. The summed E-state index contributed by atoms with van der Waals surface area (Å²) in [6.45, 7) is 9.12.